The van der Waals surface area contributed by atoms with E-state index in [-0.39, 0.29) is 18.1 Å². The topological polar surface area (TPSA) is 75.4 Å². The van der Waals surface area contributed by atoms with Crippen LogP contribution in [0, 0.1) is 30.9 Å². The Balaban J connectivity index is 1.96. The molecule has 1 N–H and O–H groups in total. The molecule has 0 unspecified atom stereocenters. The zero-order chi connectivity index (χ0) is 19.2. The number of carboxylic acids is 1. The molecule has 1 aromatic heterocycles. The standard InChI is InChI=1S/C18H19F2N3O3/c1-10-15(16(24)22-7-6-18(3,9-22)17(25)26)11(2)23(21-10)14-5-4-12(19)8-13(14)20/h4-5,8H,6-7,9H2,1-3H3,(H,25,26)/t18-/m1/s1. The summed E-state index contributed by atoms with van der Waals surface area (Å²) in [7, 11) is 0. The molecule has 0 saturated carbocycles. The smallest absolute Gasteiger partial charge is 0.311 e. The lowest BCUT2D eigenvalue weighted by Crippen LogP contribution is -2.35. The summed E-state index contributed by atoms with van der Waals surface area (Å²) in [5.41, 5.74) is 0.199. The molecule has 1 atom stereocenters. The third-order valence-electron chi connectivity index (χ3n) is 4.92. The molecule has 138 valence electrons. The van der Waals surface area contributed by atoms with E-state index >= 15 is 0 Å². The molecule has 1 fully saturated rings. The number of halogens is 2. The number of carbonyl (C=O) groups is 2. The molecule has 1 amide bonds. The third kappa shape index (κ3) is 2.85. The molecule has 1 saturated heterocycles. The van der Waals surface area contributed by atoms with Crippen molar-refractivity contribution >= 4 is 11.9 Å². The number of hydrogen-bond donors (Lipinski definition) is 1. The Morgan fingerprint density at radius 3 is 2.54 bits per heavy atom. The monoisotopic (exact) mass is 363 g/mol. The molecule has 8 heteroatoms. The van der Waals surface area contributed by atoms with E-state index in [2.05, 4.69) is 5.10 Å². The quantitative estimate of drug-likeness (QED) is 0.910. The second-order valence-electron chi connectivity index (χ2n) is 6.90. The van der Waals surface area contributed by atoms with Crippen LogP contribution in [-0.4, -0.2) is 44.8 Å². The van der Waals surface area contributed by atoms with E-state index in [0.717, 1.165) is 12.1 Å². The molecule has 0 aliphatic carbocycles. The molecule has 0 radical (unpaired) electrons. The van der Waals surface area contributed by atoms with Gasteiger partial charge in [-0.3, -0.25) is 9.59 Å². The molecular weight excluding hydrogens is 344 g/mol. The summed E-state index contributed by atoms with van der Waals surface area (Å²) >= 11 is 0. The number of hydrogen-bond acceptors (Lipinski definition) is 3. The molecule has 3 rings (SSSR count). The van der Waals surface area contributed by atoms with E-state index in [1.165, 1.54) is 15.6 Å². The number of benzene rings is 1. The van der Waals surface area contributed by atoms with Gasteiger partial charge in [0, 0.05) is 19.2 Å². The largest absolute Gasteiger partial charge is 0.481 e. The minimum atomic E-state index is -0.976. The predicted molar refractivity (Wildman–Crippen MR) is 89.2 cm³/mol. The summed E-state index contributed by atoms with van der Waals surface area (Å²) in [6.45, 7) is 5.31. The Kier molecular flexibility index (Phi) is 4.29. The molecule has 1 aliphatic rings. The highest BCUT2D eigenvalue weighted by Gasteiger charge is 2.43. The van der Waals surface area contributed by atoms with Gasteiger partial charge in [-0.05, 0) is 39.3 Å². The predicted octanol–water partition coefficient (Wildman–Crippen LogP) is 2.70. The first-order valence-electron chi connectivity index (χ1n) is 8.18. The lowest BCUT2D eigenvalue weighted by molar-refractivity contribution is -0.147. The highest BCUT2D eigenvalue weighted by molar-refractivity contribution is 5.97. The SMILES string of the molecule is Cc1nn(-c2ccc(F)cc2F)c(C)c1C(=O)N1CC[C@@](C)(C(=O)O)C1. The van der Waals surface area contributed by atoms with Gasteiger partial charge in [0.2, 0.25) is 0 Å². The molecule has 1 aromatic carbocycles. The van der Waals surface area contributed by atoms with Crippen LogP contribution in [0.5, 0.6) is 0 Å². The van der Waals surface area contributed by atoms with Crippen molar-refractivity contribution in [2.45, 2.75) is 27.2 Å². The number of aryl methyl sites for hydroxylation is 1. The number of carbonyl (C=O) groups excluding carboxylic acids is 1. The van der Waals surface area contributed by atoms with Crippen molar-refractivity contribution in [1.29, 1.82) is 0 Å². The number of aromatic nitrogens is 2. The fourth-order valence-corrected chi connectivity index (χ4v) is 3.31. The van der Waals surface area contributed by atoms with Gasteiger partial charge in [-0.1, -0.05) is 0 Å². The van der Waals surface area contributed by atoms with E-state index in [1.807, 2.05) is 0 Å². The van der Waals surface area contributed by atoms with Gasteiger partial charge in [0.15, 0.2) is 5.82 Å². The zero-order valence-electron chi connectivity index (χ0n) is 14.7. The van der Waals surface area contributed by atoms with Gasteiger partial charge in [-0.25, -0.2) is 13.5 Å². The summed E-state index contributed by atoms with van der Waals surface area (Å²) in [4.78, 5) is 25.8. The van der Waals surface area contributed by atoms with E-state index in [4.69, 9.17) is 0 Å². The van der Waals surface area contributed by atoms with Crippen LogP contribution in [0.1, 0.15) is 35.1 Å². The van der Waals surface area contributed by atoms with Gasteiger partial charge in [0.25, 0.3) is 5.91 Å². The normalized spacial score (nSPS) is 19.8. The van der Waals surface area contributed by atoms with Crippen LogP contribution in [0.3, 0.4) is 0 Å². The molecular formula is C18H19F2N3O3. The van der Waals surface area contributed by atoms with Crippen LogP contribution in [0.15, 0.2) is 18.2 Å². The summed E-state index contributed by atoms with van der Waals surface area (Å²) in [6.07, 6.45) is 0.368. The Labute approximate surface area is 149 Å². The summed E-state index contributed by atoms with van der Waals surface area (Å²) in [6, 6.07) is 3.14. The number of amides is 1. The average molecular weight is 363 g/mol. The third-order valence-corrected chi connectivity index (χ3v) is 4.92. The summed E-state index contributed by atoms with van der Waals surface area (Å²) in [5.74, 6) is -2.76. The number of rotatable bonds is 3. The van der Waals surface area contributed by atoms with Crippen molar-refractivity contribution in [3.05, 3.63) is 46.8 Å². The first kappa shape index (κ1) is 18.0. The van der Waals surface area contributed by atoms with Gasteiger partial charge in [0.1, 0.15) is 11.5 Å². The minimum Gasteiger partial charge on any atom is -0.481 e. The van der Waals surface area contributed by atoms with Gasteiger partial charge in [0.05, 0.1) is 22.4 Å². The van der Waals surface area contributed by atoms with E-state index in [0.29, 0.717) is 29.9 Å². The first-order valence-corrected chi connectivity index (χ1v) is 8.18. The van der Waals surface area contributed by atoms with Gasteiger partial charge >= 0.3 is 5.97 Å². The summed E-state index contributed by atoms with van der Waals surface area (Å²) in [5, 5.41) is 13.6. The van der Waals surface area contributed by atoms with Crippen LogP contribution in [0.25, 0.3) is 5.69 Å². The molecule has 0 spiro atoms. The number of likely N-dealkylation sites (tertiary alicyclic amines) is 1. The Morgan fingerprint density at radius 1 is 1.27 bits per heavy atom. The van der Waals surface area contributed by atoms with Crippen molar-refractivity contribution in [2.24, 2.45) is 5.41 Å². The highest BCUT2D eigenvalue weighted by Crippen LogP contribution is 2.32. The maximum atomic E-state index is 14.1. The van der Waals surface area contributed by atoms with Gasteiger partial charge < -0.3 is 10.0 Å². The van der Waals surface area contributed by atoms with E-state index in [9.17, 15) is 23.5 Å². The second-order valence-corrected chi connectivity index (χ2v) is 6.90. The summed E-state index contributed by atoms with van der Waals surface area (Å²) < 4.78 is 28.5. The number of carboxylic acid groups (broad SMARTS) is 1. The zero-order valence-corrected chi connectivity index (χ0v) is 14.7. The highest BCUT2D eigenvalue weighted by atomic mass is 19.1. The van der Waals surface area contributed by atoms with Crippen LogP contribution in [-0.2, 0) is 4.79 Å². The molecule has 0 bridgehead atoms. The molecule has 26 heavy (non-hydrogen) atoms. The lowest BCUT2D eigenvalue weighted by atomic mass is 9.90. The van der Waals surface area contributed by atoms with Crippen molar-refractivity contribution < 1.29 is 23.5 Å². The van der Waals surface area contributed by atoms with E-state index in [1.54, 1.807) is 20.8 Å². The molecule has 6 nitrogen and oxygen atoms in total. The van der Waals surface area contributed by atoms with Gasteiger partial charge in [-0.15, -0.1) is 0 Å². The minimum absolute atomic E-state index is 0.0443. The lowest BCUT2D eigenvalue weighted by Gasteiger charge is -2.20. The van der Waals surface area contributed by atoms with Crippen molar-refractivity contribution in [3.63, 3.8) is 0 Å². The maximum absolute atomic E-state index is 14.1. The van der Waals surface area contributed by atoms with Crippen molar-refractivity contribution in [2.75, 3.05) is 13.1 Å². The second kappa shape index (κ2) is 6.19. The van der Waals surface area contributed by atoms with Crippen LogP contribution in [0.2, 0.25) is 0 Å². The van der Waals surface area contributed by atoms with Crippen molar-refractivity contribution in [3.8, 4) is 5.69 Å². The van der Waals surface area contributed by atoms with E-state index < -0.39 is 23.0 Å². The van der Waals surface area contributed by atoms with Gasteiger partial charge in [-0.2, -0.15) is 5.10 Å². The van der Waals surface area contributed by atoms with Crippen LogP contribution < -0.4 is 0 Å². The molecule has 2 heterocycles. The number of nitrogens with zero attached hydrogens (tertiary/aromatic N) is 3. The number of aliphatic carboxylic acids is 1. The Hall–Kier alpha value is -2.77. The Bertz CT molecular complexity index is 909. The molecule has 1 aliphatic heterocycles. The average Bonchev–Trinajstić information content (AvgIpc) is 3.09. The van der Waals surface area contributed by atoms with Crippen LogP contribution >= 0.6 is 0 Å². The first-order chi connectivity index (χ1) is 12.1. The van der Waals surface area contributed by atoms with Crippen molar-refractivity contribution in [1.82, 2.24) is 14.7 Å². The fourth-order valence-electron chi connectivity index (χ4n) is 3.31. The Morgan fingerprint density at radius 2 is 1.96 bits per heavy atom. The maximum Gasteiger partial charge on any atom is 0.311 e. The molecule has 2 aromatic rings. The fraction of sp³-hybridized carbons (Fsp3) is 0.389. The van der Waals surface area contributed by atoms with Crippen LogP contribution in [0.4, 0.5) is 8.78 Å².